The second-order valence-electron chi connectivity index (χ2n) is 6.30. The molecule has 28 heavy (non-hydrogen) atoms. The van der Waals surface area contributed by atoms with E-state index in [1.54, 1.807) is 25.1 Å². The maximum Gasteiger partial charge on any atom is 0.573 e. The van der Waals surface area contributed by atoms with E-state index in [-0.39, 0.29) is 18.7 Å². The van der Waals surface area contributed by atoms with Gasteiger partial charge in [-0.3, -0.25) is 4.79 Å². The highest BCUT2D eigenvalue weighted by Gasteiger charge is 2.31. The molecule has 0 bridgehead atoms. The lowest BCUT2D eigenvalue weighted by molar-refractivity contribution is -0.274. The fraction of sp³-hybridized carbons (Fsp3) is 0.250. The Hall–Kier alpha value is -3.16. The molecular formula is C20H18F3NO4. The molecule has 0 amide bonds. The van der Waals surface area contributed by atoms with E-state index in [0.29, 0.717) is 16.9 Å². The number of halogens is 3. The molecule has 1 heterocycles. The summed E-state index contributed by atoms with van der Waals surface area (Å²) in [7, 11) is 1.52. The maximum atomic E-state index is 12.5. The number of rotatable bonds is 6. The van der Waals surface area contributed by atoms with E-state index in [4.69, 9.17) is 4.74 Å². The molecule has 0 aliphatic rings. The van der Waals surface area contributed by atoms with Crippen molar-refractivity contribution in [1.29, 1.82) is 0 Å². The smallest absolute Gasteiger partial charge is 0.497 e. The van der Waals surface area contributed by atoms with Gasteiger partial charge in [0, 0.05) is 23.1 Å². The van der Waals surface area contributed by atoms with Gasteiger partial charge in [0.1, 0.15) is 11.5 Å². The Morgan fingerprint density at radius 2 is 1.89 bits per heavy atom. The number of alkyl halides is 3. The van der Waals surface area contributed by atoms with Crippen molar-refractivity contribution in [3.8, 4) is 11.5 Å². The van der Waals surface area contributed by atoms with Crippen LogP contribution in [0.5, 0.6) is 11.5 Å². The number of aromatic nitrogens is 1. The Bertz CT molecular complexity index is 1020. The fourth-order valence-corrected chi connectivity index (χ4v) is 3.26. The largest absolute Gasteiger partial charge is 0.573 e. The highest BCUT2D eigenvalue weighted by Crippen LogP contribution is 2.31. The van der Waals surface area contributed by atoms with Crippen LogP contribution >= 0.6 is 0 Å². The molecule has 3 rings (SSSR count). The van der Waals surface area contributed by atoms with Gasteiger partial charge in [0.25, 0.3) is 0 Å². The molecule has 0 fully saturated rings. The second-order valence-corrected chi connectivity index (χ2v) is 6.30. The molecule has 0 saturated carbocycles. The zero-order valence-corrected chi connectivity index (χ0v) is 15.2. The first-order chi connectivity index (χ1) is 13.2. The molecule has 3 aromatic rings. The number of ether oxygens (including phenoxy) is 2. The summed E-state index contributed by atoms with van der Waals surface area (Å²) in [6, 6.07) is 11.1. The molecule has 8 heteroatoms. The molecule has 148 valence electrons. The van der Waals surface area contributed by atoms with Crippen LogP contribution in [0.2, 0.25) is 0 Å². The molecular weight excluding hydrogens is 375 g/mol. The average molecular weight is 393 g/mol. The van der Waals surface area contributed by atoms with Crippen LogP contribution in [0.3, 0.4) is 0 Å². The summed E-state index contributed by atoms with van der Waals surface area (Å²) in [5.41, 5.74) is 2.74. The number of hydrogen-bond donors (Lipinski definition) is 1. The molecule has 0 unspecified atom stereocenters. The number of aliphatic carboxylic acids is 1. The number of hydrogen-bond acceptors (Lipinski definition) is 3. The number of carboxylic acids is 1. The van der Waals surface area contributed by atoms with Gasteiger partial charge in [-0.25, -0.2) is 0 Å². The zero-order valence-electron chi connectivity index (χ0n) is 15.2. The summed E-state index contributed by atoms with van der Waals surface area (Å²) in [5, 5.41) is 10.00. The molecule has 0 saturated heterocycles. The van der Waals surface area contributed by atoms with Crippen molar-refractivity contribution in [2.24, 2.45) is 0 Å². The molecule has 1 aromatic heterocycles. The first-order valence-corrected chi connectivity index (χ1v) is 8.40. The van der Waals surface area contributed by atoms with E-state index < -0.39 is 12.3 Å². The van der Waals surface area contributed by atoms with Crippen molar-refractivity contribution in [2.45, 2.75) is 26.3 Å². The van der Waals surface area contributed by atoms with E-state index in [1.807, 2.05) is 10.6 Å². The van der Waals surface area contributed by atoms with Crippen molar-refractivity contribution in [3.05, 3.63) is 59.3 Å². The number of methoxy groups -OCH3 is 1. The molecule has 5 nitrogen and oxygen atoms in total. The highest BCUT2D eigenvalue weighted by molar-refractivity contribution is 5.90. The third kappa shape index (κ3) is 4.21. The monoisotopic (exact) mass is 393 g/mol. The van der Waals surface area contributed by atoms with Gasteiger partial charge in [0.15, 0.2) is 0 Å². The number of nitrogens with zero attached hydrogens (tertiary/aromatic N) is 1. The van der Waals surface area contributed by atoms with E-state index in [2.05, 4.69) is 4.74 Å². The summed E-state index contributed by atoms with van der Waals surface area (Å²) in [4.78, 5) is 11.3. The van der Waals surface area contributed by atoms with Gasteiger partial charge in [-0.05, 0) is 48.4 Å². The van der Waals surface area contributed by atoms with Crippen LogP contribution in [-0.2, 0) is 17.8 Å². The Labute approximate surface area is 158 Å². The van der Waals surface area contributed by atoms with E-state index in [0.717, 1.165) is 16.6 Å². The standard InChI is InChI=1S/C20H18F3NO4/c1-12-16(10-19(25)26)17-9-14(27-2)6-7-18(17)24(12)11-13-4-3-5-15(8-13)28-20(21,22)23/h3-9H,10-11H2,1-2H3,(H,25,26). The van der Waals surface area contributed by atoms with Gasteiger partial charge in [-0.1, -0.05) is 12.1 Å². The first-order valence-electron chi connectivity index (χ1n) is 8.40. The normalized spacial score (nSPS) is 11.6. The SMILES string of the molecule is COc1ccc2c(c1)c(CC(=O)O)c(C)n2Cc1cccc(OC(F)(F)F)c1. The lowest BCUT2D eigenvalue weighted by Crippen LogP contribution is -2.17. The molecule has 0 aliphatic heterocycles. The van der Waals surface area contributed by atoms with Crippen LogP contribution in [0.1, 0.15) is 16.8 Å². The van der Waals surface area contributed by atoms with Crippen molar-refractivity contribution >= 4 is 16.9 Å². The zero-order chi connectivity index (χ0) is 20.5. The van der Waals surface area contributed by atoms with Gasteiger partial charge in [0.2, 0.25) is 0 Å². The Balaban J connectivity index is 2.05. The summed E-state index contributed by atoms with van der Waals surface area (Å²) in [5.74, 6) is -0.672. The van der Waals surface area contributed by atoms with Gasteiger partial charge in [-0.15, -0.1) is 13.2 Å². The molecule has 0 radical (unpaired) electrons. The van der Waals surface area contributed by atoms with Crippen LogP contribution < -0.4 is 9.47 Å². The van der Waals surface area contributed by atoms with Crippen molar-refractivity contribution in [3.63, 3.8) is 0 Å². The predicted octanol–water partition coefficient (Wildman–Crippen LogP) is 4.53. The number of benzene rings is 2. The number of fused-ring (bicyclic) bond motifs is 1. The summed E-state index contributed by atoms with van der Waals surface area (Å²) in [6.45, 7) is 2.06. The minimum Gasteiger partial charge on any atom is -0.497 e. The van der Waals surface area contributed by atoms with Crippen LogP contribution in [0, 0.1) is 6.92 Å². The lowest BCUT2D eigenvalue weighted by Gasteiger charge is -2.12. The van der Waals surface area contributed by atoms with Crippen molar-refractivity contribution in [2.75, 3.05) is 7.11 Å². The van der Waals surface area contributed by atoms with Gasteiger partial charge in [0.05, 0.1) is 13.5 Å². The minimum atomic E-state index is -4.76. The van der Waals surface area contributed by atoms with E-state index in [1.165, 1.54) is 25.3 Å². The summed E-state index contributed by atoms with van der Waals surface area (Å²) < 4.78 is 48.5. The fourth-order valence-electron chi connectivity index (χ4n) is 3.26. The second kappa shape index (κ2) is 7.46. The maximum absolute atomic E-state index is 12.5. The van der Waals surface area contributed by atoms with Gasteiger partial charge < -0.3 is 19.1 Å². The highest BCUT2D eigenvalue weighted by atomic mass is 19.4. The molecule has 0 aliphatic carbocycles. The first kappa shape index (κ1) is 19.6. The Kier molecular flexibility index (Phi) is 5.22. The van der Waals surface area contributed by atoms with Gasteiger partial charge >= 0.3 is 12.3 Å². The third-order valence-electron chi connectivity index (χ3n) is 4.46. The third-order valence-corrected chi connectivity index (χ3v) is 4.46. The summed E-state index contributed by atoms with van der Waals surface area (Å²) in [6.07, 6.45) is -4.93. The molecule has 1 N–H and O–H groups in total. The molecule has 2 aromatic carbocycles. The van der Waals surface area contributed by atoms with E-state index >= 15 is 0 Å². The minimum absolute atomic E-state index is 0.167. The quantitative estimate of drug-likeness (QED) is 0.668. The van der Waals surface area contributed by atoms with Gasteiger partial charge in [-0.2, -0.15) is 0 Å². The van der Waals surface area contributed by atoms with Crippen molar-refractivity contribution in [1.82, 2.24) is 4.57 Å². The Morgan fingerprint density at radius 1 is 1.14 bits per heavy atom. The average Bonchev–Trinajstić information content (AvgIpc) is 2.85. The predicted molar refractivity (Wildman–Crippen MR) is 96.8 cm³/mol. The number of carboxylic acid groups (broad SMARTS) is 1. The van der Waals surface area contributed by atoms with Crippen LogP contribution in [0.15, 0.2) is 42.5 Å². The summed E-state index contributed by atoms with van der Waals surface area (Å²) >= 11 is 0. The topological polar surface area (TPSA) is 60.7 Å². The van der Waals surface area contributed by atoms with Crippen LogP contribution in [0.25, 0.3) is 10.9 Å². The molecule has 0 spiro atoms. The van der Waals surface area contributed by atoms with Crippen LogP contribution in [-0.4, -0.2) is 29.1 Å². The van der Waals surface area contributed by atoms with E-state index in [9.17, 15) is 23.1 Å². The lowest BCUT2D eigenvalue weighted by atomic mass is 10.1. The number of carbonyl (C=O) groups is 1. The van der Waals surface area contributed by atoms with Crippen LogP contribution in [0.4, 0.5) is 13.2 Å². The van der Waals surface area contributed by atoms with Crippen molar-refractivity contribution < 1.29 is 32.5 Å². The Morgan fingerprint density at radius 3 is 2.54 bits per heavy atom. The molecule has 0 atom stereocenters.